The smallest absolute Gasteiger partial charge is 0.131 e. The Hall–Kier alpha value is -1.09. The predicted octanol–water partition coefficient (Wildman–Crippen LogP) is 3.74. The van der Waals surface area contributed by atoms with Crippen molar-refractivity contribution >= 4 is 0 Å². The average molecular weight is 251 g/mol. The first-order valence-corrected chi connectivity index (χ1v) is 6.66. The van der Waals surface area contributed by atoms with Crippen molar-refractivity contribution in [2.75, 3.05) is 6.54 Å². The van der Waals surface area contributed by atoms with Crippen LogP contribution in [0, 0.1) is 12.7 Å². The van der Waals surface area contributed by atoms with Gasteiger partial charge in [-0.1, -0.05) is 13.0 Å². The first-order chi connectivity index (χ1) is 8.44. The molecule has 1 aliphatic rings. The molecule has 1 heterocycles. The molecule has 2 rings (SSSR count). The number of rotatable bonds is 3. The summed E-state index contributed by atoms with van der Waals surface area (Å²) in [5, 5.41) is 3.43. The number of hydrogen-bond acceptors (Lipinski definition) is 2. The van der Waals surface area contributed by atoms with E-state index in [1.807, 2.05) is 6.92 Å². The number of aryl methyl sites for hydroxylation is 1. The Bertz CT molecular complexity index is 442. The minimum atomic E-state index is -0.253. The van der Waals surface area contributed by atoms with Crippen molar-refractivity contribution in [1.29, 1.82) is 0 Å². The second-order valence-electron chi connectivity index (χ2n) is 5.68. The molecule has 1 atom stereocenters. The van der Waals surface area contributed by atoms with Crippen LogP contribution in [0.2, 0.25) is 0 Å². The standard InChI is InChI=1S/C15H22FNO/c1-5-8-17-12-9-15(3,4)18-14-10(2)6-7-11(16)13(12)14/h6-7,12,17H,5,8-9H2,1-4H3. The molecule has 1 aliphatic heterocycles. The predicted molar refractivity (Wildman–Crippen MR) is 71.5 cm³/mol. The zero-order valence-corrected chi connectivity index (χ0v) is 11.6. The highest BCUT2D eigenvalue weighted by Crippen LogP contribution is 2.42. The zero-order chi connectivity index (χ0) is 13.3. The van der Waals surface area contributed by atoms with Crippen LogP contribution in [0.3, 0.4) is 0 Å². The Kier molecular flexibility index (Phi) is 3.62. The maximum atomic E-state index is 14.1. The lowest BCUT2D eigenvalue weighted by atomic mass is 9.88. The van der Waals surface area contributed by atoms with Crippen molar-refractivity contribution < 1.29 is 9.13 Å². The Morgan fingerprint density at radius 1 is 1.44 bits per heavy atom. The van der Waals surface area contributed by atoms with Gasteiger partial charge in [0, 0.05) is 18.0 Å². The van der Waals surface area contributed by atoms with Crippen LogP contribution in [0.1, 0.15) is 50.8 Å². The van der Waals surface area contributed by atoms with Gasteiger partial charge in [-0.25, -0.2) is 4.39 Å². The summed E-state index contributed by atoms with van der Waals surface area (Å²) in [6, 6.07) is 3.37. The first kappa shape index (κ1) is 13.3. The first-order valence-electron chi connectivity index (χ1n) is 6.66. The summed E-state index contributed by atoms with van der Waals surface area (Å²) >= 11 is 0. The highest BCUT2D eigenvalue weighted by Gasteiger charge is 2.36. The third-order valence-corrected chi connectivity index (χ3v) is 3.40. The van der Waals surface area contributed by atoms with Crippen LogP contribution in [0.5, 0.6) is 5.75 Å². The van der Waals surface area contributed by atoms with Gasteiger partial charge in [-0.15, -0.1) is 0 Å². The van der Waals surface area contributed by atoms with Gasteiger partial charge in [0.2, 0.25) is 0 Å². The van der Waals surface area contributed by atoms with Gasteiger partial charge < -0.3 is 10.1 Å². The quantitative estimate of drug-likeness (QED) is 0.883. The summed E-state index contributed by atoms with van der Waals surface area (Å²) in [5.41, 5.74) is 1.45. The lowest BCUT2D eigenvalue weighted by molar-refractivity contribution is 0.0634. The summed E-state index contributed by atoms with van der Waals surface area (Å²) in [4.78, 5) is 0. The van der Waals surface area contributed by atoms with E-state index >= 15 is 0 Å². The largest absolute Gasteiger partial charge is 0.487 e. The SMILES string of the molecule is CCCNC1CC(C)(C)Oc2c(C)ccc(F)c21. The molecule has 0 saturated heterocycles. The van der Waals surface area contributed by atoms with Crippen LogP contribution in [-0.2, 0) is 0 Å². The van der Waals surface area contributed by atoms with Crippen LogP contribution in [0.25, 0.3) is 0 Å². The highest BCUT2D eigenvalue weighted by molar-refractivity contribution is 5.45. The van der Waals surface area contributed by atoms with E-state index in [2.05, 4.69) is 26.1 Å². The summed E-state index contributed by atoms with van der Waals surface area (Å²) in [6.07, 6.45) is 1.83. The molecular weight excluding hydrogens is 229 g/mol. The molecule has 18 heavy (non-hydrogen) atoms. The molecule has 1 N–H and O–H groups in total. The third-order valence-electron chi connectivity index (χ3n) is 3.40. The number of ether oxygens (including phenoxy) is 1. The van der Waals surface area contributed by atoms with E-state index in [-0.39, 0.29) is 17.5 Å². The van der Waals surface area contributed by atoms with Gasteiger partial charge in [-0.3, -0.25) is 0 Å². The number of hydrogen-bond donors (Lipinski definition) is 1. The summed E-state index contributed by atoms with van der Waals surface area (Å²) in [5.74, 6) is 0.555. The van der Waals surface area contributed by atoms with E-state index in [0.717, 1.165) is 30.7 Å². The van der Waals surface area contributed by atoms with Crippen molar-refractivity contribution in [2.24, 2.45) is 0 Å². The van der Waals surface area contributed by atoms with Crippen LogP contribution in [0.15, 0.2) is 12.1 Å². The monoisotopic (exact) mass is 251 g/mol. The van der Waals surface area contributed by atoms with Crippen LogP contribution in [0.4, 0.5) is 4.39 Å². The van der Waals surface area contributed by atoms with Gasteiger partial charge >= 0.3 is 0 Å². The molecule has 0 bridgehead atoms. The molecule has 0 aromatic heterocycles. The van der Waals surface area contributed by atoms with Gasteiger partial charge in [-0.2, -0.15) is 0 Å². The number of benzene rings is 1. The van der Waals surface area contributed by atoms with Gasteiger partial charge in [-0.05, 0) is 45.4 Å². The molecule has 1 aromatic carbocycles. The van der Waals surface area contributed by atoms with Gasteiger partial charge in [0.05, 0.1) is 0 Å². The minimum Gasteiger partial charge on any atom is -0.487 e. The molecule has 0 radical (unpaired) electrons. The second-order valence-corrected chi connectivity index (χ2v) is 5.68. The molecule has 0 aliphatic carbocycles. The van der Waals surface area contributed by atoms with Crippen molar-refractivity contribution in [3.63, 3.8) is 0 Å². The lowest BCUT2D eigenvalue weighted by Gasteiger charge is -2.39. The Morgan fingerprint density at radius 2 is 2.17 bits per heavy atom. The van der Waals surface area contributed by atoms with E-state index in [9.17, 15) is 4.39 Å². The maximum absolute atomic E-state index is 14.1. The molecule has 0 spiro atoms. The molecule has 0 saturated carbocycles. The molecular formula is C15H22FNO. The number of halogens is 1. The summed E-state index contributed by atoms with van der Waals surface area (Å²) in [7, 11) is 0. The van der Waals surface area contributed by atoms with E-state index in [1.54, 1.807) is 6.07 Å². The summed E-state index contributed by atoms with van der Waals surface area (Å²) in [6.45, 7) is 9.09. The molecule has 1 aromatic rings. The molecule has 1 unspecified atom stereocenters. The maximum Gasteiger partial charge on any atom is 0.131 e. The average Bonchev–Trinajstić information content (AvgIpc) is 2.29. The Balaban J connectivity index is 2.43. The molecule has 0 fully saturated rings. The second kappa shape index (κ2) is 4.88. The van der Waals surface area contributed by atoms with Crippen molar-refractivity contribution in [3.8, 4) is 5.75 Å². The molecule has 0 amide bonds. The van der Waals surface area contributed by atoms with E-state index in [4.69, 9.17) is 4.74 Å². The van der Waals surface area contributed by atoms with Crippen LogP contribution >= 0.6 is 0 Å². The van der Waals surface area contributed by atoms with Gasteiger partial charge in [0.25, 0.3) is 0 Å². The lowest BCUT2D eigenvalue weighted by Crippen LogP contribution is -2.40. The topological polar surface area (TPSA) is 21.3 Å². The normalized spacial score (nSPS) is 21.3. The molecule has 3 heteroatoms. The zero-order valence-electron chi connectivity index (χ0n) is 11.6. The van der Waals surface area contributed by atoms with Gasteiger partial charge in [0.15, 0.2) is 0 Å². The number of nitrogens with one attached hydrogen (secondary N) is 1. The van der Waals surface area contributed by atoms with Crippen molar-refractivity contribution in [1.82, 2.24) is 5.32 Å². The summed E-state index contributed by atoms with van der Waals surface area (Å²) < 4.78 is 20.0. The minimum absolute atomic E-state index is 0.0450. The fourth-order valence-electron chi connectivity index (χ4n) is 2.55. The Morgan fingerprint density at radius 3 is 2.83 bits per heavy atom. The van der Waals surface area contributed by atoms with Gasteiger partial charge in [0.1, 0.15) is 17.2 Å². The van der Waals surface area contributed by atoms with Crippen LogP contribution < -0.4 is 10.1 Å². The van der Waals surface area contributed by atoms with Crippen LogP contribution in [-0.4, -0.2) is 12.1 Å². The highest BCUT2D eigenvalue weighted by atomic mass is 19.1. The Labute approximate surface area is 109 Å². The van der Waals surface area contributed by atoms with E-state index in [1.165, 1.54) is 6.07 Å². The number of fused-ring (bicyclic) bond motifs is 1. The van der Waals surface area contributed by atoms with E-state index in [0.29, 0.717) is 5.56 Å². The third kappa shape index (κ3) is 2.51. The molecule has 2 nitrogen and oxygen atoms in total. The van der Waals surface area contributed by atoms with Crippen molar-refractivity contribution in [3.05, 3.63) is 29.1 Å². The fourth-order valence-corrected chi connectivity index (χ4v) is 2.55. The van der Waals surface area contributed by atoms with Crippen molar-refractivity contribution in [2.45, 2.75) is 52.2 Å². The molecule has 100 valence electrons. The fraction of sp³-hybridized carbons (Fsp3) is 0.600. The van der Waals surface area contributed by atoms with E-state index < -0.39 is 0 Å².